The maximum absolute atomic E-state index is 11.6. The summed E-state index contributed by atoms with van der Waals surface area (Å²) < 4.78 is 63.1. The lowest BCUT2D eigenvalue weighted by atomic mass is 10.7. The topological polar surface area (TPSA) is 26.3 Å². The molecule has 0 amide bonds. The van der Waals surface area contributed by atoms with E-state index in [1.165, 1.54) is 0 Å². The number of hydrogen-bond donors (Lipinski definition) is 0. The lowest BCUT2D eigenvalue weighted by Crippen LogP contribution is -2.15. The van der Waals surface area contributed by atoms with Crippen molar-refractivity contribution in [2.24, 2.45) is 0 Å². The van der Waals surface area contributed by atoms with Crippen LogP contribution in [0.25, 0.3) is 0 Å². The van der Waals surface area contributed by atoms with Crippen LogP contribution < -0.4 is 0 Å². The van der Waals surface area contributed by atoms with Gasteiger partial charge in [-0.25, -0.2) is 0 Å². The van der Waals surface area contributed by atoms with E-state index in [9.17, 15) is 17.7 Å². The van der Waals surface area contributed by atoms with Crippen LogP contribution in [-0.4, -0.2) is 25.0 Å². The van der Waals surface area contributed by atoms with Crippen LogP contribution in [0.4, 0.5) is 13.2 Å². The summed E-state index contributed by atoms with van der Waals surface area (Å²) in [6.45, 7) is -1.06. The highest BCUT2D eigenvalue weighted by atomic mass is 35.5. The first-order chi connectivity index (χ1) is 5.46. The van der Waals surface area contributed by atoms with Crippen molar-refractivity contribution in [1.82, 2.24) is 0 Å². The predicted molar refractivity (Wildman–Crippen MR) is 36.3 cm³/mol. The minimum atomic E-state index is -4.65. The first-order valence-electron chi connectivity index (χ1n) is 3.43. The van der Waals surface area contributed by atoms with Crippen molar-refractivity contribution in [1.29, 1.82) is 0 Å². The summed E-state index contributed by atoms with van der Waals surface area (Å²) in [6.07, 6.45) is -4.65. The first kappa shape index (κ1) is 7.90. The van der Waals surface area contributed by atoms with Gasteiger partial charge in [-0.1, -0.05) is 0 Å². The van der Waals surface area contributed by atoms with Gasteiger partial charge in [0.25, 0.3) is 0 Å². The molecule has 0 aliphatic carbocycles. The van der Waals surface area contributed by atoms with Crippen LogP contribution in [0.1, 0.15) is 2.74 Å². The molecular formula is C4H7ClF3O2P. The Bertz CT molecular complexity index is 226. The molecule has 2 nitrogen and oxygen atoms in total. The monoisotopic (exact) mass is 212 g/mol. The van der Waals surface area contributed by atoms with Crippen LogP contribution in [0, 0.1) is 0 Å². The number of halogens is 4. The highest BCUT2D eigenvalue weighted by molar-refractivity contribution is 7.59. The molecule has 0 bridgehead atoms. The smallest absolute Gasteiger partial charge is 0.318 e. The SMILES string of the molecule is [2H]C([2H])(Cl)P(C)(=O)OCC(F)(F)F. The van der Waals surface area contributed by atoms with Gasteiger partial charge >= 0.3 is 6.18 Å². The van der Waals surface area contributed by atoms with Crippen molar-refractivity contribution in [3.05, 3.63) is 0 Å². The van der Waals surface area contributed by atoms with Crippen molar-refractivity contribution >= 4 is 19.0 Å². The minimum Gasteiger partial charge on any atom is -0.318 e. The molecule has 68 valence electrons. The molecule has 0 saturated carbocycles. The molecule has 0 aromatic carbocycles. The van der Waals surface area contributed by atoms with Gasteiger partial charge in [0.2, 0.25) is 7.37 Å². The van der Waals surface area contributed by atoms with Crippen LogP contribution in [0.3, 0.4) is 0 Å². The third kappa shape index (κ3) is 6.66. The zero-order chi connectivity index (χ0) is 10.9. The fourth-order valence-corrected chi connectivity index (χ4v) is 0.809. The fourth-order valence-electron chi connectivity index (χ4n) is 0.221. The van der Waals surface area contributed by atoms with Gasteiger partial charge in [0.15, 0.2) is 0 Å². The van der Waals surface area contributed by atoms with Crippen molar-refractivity contribution in [3.8, 4) is 0 Å². The second-order valence-corrected chi connectivity index (χ2v) is 4.45. The summed E-state index contributed by atoms with van der Waals surface area (Å²) in [5, 5.41) is 0. The summed E-state index contributed by atoms with van der Waals surface area (Å²) in [6, 6.07) is 0. The molecule has 11 heavy (non-hydrogen) atoms. The Hall–Kier alpha value is 0.270. The van der Waals surface area contributed by atoms with E-state index in [0.717, 1.165) is 0 Å². The van der Waals surface area contributed by atoms with Crippen LogP contribution in [-0.2, 0) is 9.09 Å². The van der Waals surface area contributed by atoms with E-state index in [1.807, 2.05) is 0 Å². The van der Waals surface area contributed by atoms with Gasteiger partial charge < -0.3 is 4.52 Å². The standard InChI is InChI=1S/C4H7ClF3O2P/c1-11(9,3-5)10-2-4(6,7)8/h2-3H2,1H3/i3D2. The molecular weight excluding hydrogens is 203 g/mol. The van der Waals surface area contributed by atoms with E-state index in [-0.39, 0.29) is 0 Å². The lowest BCUT2D eigenvalue weighted by molar-refractivity contribution is -0.153. The van der Waals surface area contributed by atoms with Gasteiger partial charge in [-0.2, -0.15) is 13.2 Å². The van der Waals surface area contributed by atoms with Gasteiger partial charge in [0, 0.05) is 6.66 Å². The highest BCUT2D eigenvalue weighted by Crippen LogP contribution is 2.44. The lowest BCUT2D eigenvalue weighted by Gasteiger charge is -2.11. The quantitative estimate of drug-likeness (QED) is 0.531. The van der Waals surface area contributed by atoms with Gasteiger partial charge in [-0.05, 0) is 0 Å². The van der Waals surface area contributed by atoms with Crippen molar-refractivity contribution in [2.75, 3.05) is 18.8 Å². The van der Waals surface area contributed by atoms with E-state index in [2.05, 4.69) is 4.52 Å². The predicted octanol–water partition coefficient (Wildman–Crippen LogP) is 2.67. The summed E-state index contributed by atoms with van der Waals surface area (Å²) in [7, 11) is -4.09. The summed E-state index contributed by atoms with van der Waals surface area (Å²) in [4.78, 5) is 0. The second-order valence-electron chi connectivity index (χ2n) is 1.82. The average molecular weight is 213 g/mol. The molecule has 0 rings (SSSR count). The Kier molecular flexibility index (Phi) is 2.72. The number of alkyl halides is 4. The average Bonchev–Trinajstić information content (AvgIpc) is 1.79. The zero-order valence-electron chi connectivity index (χ0n) is 7.48. The Morgan fingerprint density at radius 3 is 2.45 bits per heavy atom. The number of hydrogen-bond acceptors (Lipinski definition) is 2. The molecule has 0 saturated heterocycles. The van der Waals surface area contributed by atoms with Gasteiger partial charge in [-0.3, -0.25) is 4.57 Å². The van der Waals surface area contributed by atoms with E-state index >= 15 is 0 Å². The second kappa shape index (κ2) is 3.78. The van der Waals surface area contributed by atoms with Crippen molar-refractivity contribution < 1.29 is 25.0 Å². The molecule has 0 aromatic heterocycles. The molecule has 0 radical (unpaired) electrons. The first-order valence-corrected chi connectivity index (χ1v) is 4.88. The molecule has 0 heterocycles. The van der Waals surface area contributed by atoms with Crippen molar-refractivity contribution in [2.45, 2.75) is 6.18 Å². The highest BCUT2D eigenvalue weighted by Gasteiger charge is 2.31. The molecule has 1 atom stereocenters. The molecule has 1 unspecified atom stereocenters. The molecule has 0 spiro atoms. The van der Waals surface area contributed by atoms with Crippen molar-refractivity contribution in [3.63, 3.8) is 0 Å². The summed E-state index contributed by atoms with van der Waals surface area (Å²) in [5.74, 6) is 0. The maximum Gasteiger partial charge on any atom is 0.412 e. The van der Waals surface area contributed by atoms with E-state index < -0.39 is 25.7 Å². The minimum absolute atomic E-state index is 0.714. The van der Waals surface area contributed by atoms with Crippen LogP contribution >= 0.6 is 19.0 Å². The molecule has 0 N–H and O–H groups in total. The molecule has 0 aliphatic heterocycles. The van der Waals surface area contributed by atoms with E-state index in [1.54, 1.807) is 0 Å². The Morgan fingerprint density at radius 2 is 2.18 bits per heavy atom. The van der Waals surface area contributed by atoms with E-state index in [0.29, 0.717) is 6.66 Å². The molecule has 0 aromatic rings. The van der Waals surface area contributed by atoms with Crippen LogP contribution in [0.2, 0.25) is 0 Å². The third-order valence-corrected chi connectivity index (χ3v) is 2.48. The Labute approximate surface area is 69.9 Å². The molecule has 7 heteroatoms. The summed E-state index contributed by atoms with van der Waals surface area (Å²) >= 11 is 4.93. The van der Waals surface area contributed by atoms with Gasteiger partial charge in [0.1, 0.15) is 6.61 Å². The van der Waals surface area contributed by atoms with Crippen LogP contribution in [0.15, 0.2) is 0 Å². The maximum atomic E-state index is 11.6. The Morgan fingerprint density at radius 1 is 1.73 bits per heavy atom. The number of rotatable bonds is 3. The van der Waals surface area contributed by atoms with E-state index in [4.69, 9.17) is 14.3 Å². The molecule has 0 fully saturated rings. The largest absolute Gasteiger partial charge is 0.412 e. The van der Waals surface area contributed by atoms with Gasteiger partial charge in [-0.15, -0.1) is 11.6 Å². The summed E-state index contributed by atoms with van der Waals surface area (Å²) in [5.41, 5.74) is -2.78. The Balaban J connectivity index is 4.30. The zero-order valence-corrected chi connectivity index (χ0v) is 7.13. The normalized spacial score (nSPS) is 21.9. The third-order valence-electron chi connectivity index (χ3n) is 0.628. The fraction of sp³-hybridized carbons (Fsp3) is 1.00. The van der Waals surface area contributed by atoms with Crippen LogP contribution in [0.5, 0.6) is 0 Å². The molecule has 0 aliphatic rings. The van der Waals surface area contributed by atoms with Gasteiger partial charge in [0.05, 0.1) is 8.31 Å².